The van der Waals surface area contributed by atoms with Gasteiger partial charge in [-0.1, -0.05) is 36.4 Å². The van der Waals surface area contributed by atoms with Crippen molar-refractivity contribution in [3.63, 3.8) is 0 Å². The van der Waals surface area contributed by atoms with Gasteiger partial charge in [-0.15, -0.1) is 0 Å². The summed E-state index contributed by atoms with van der Waals surface area (Å²) in [6.07, 6.45) is 2.63. The van der Waals surface area contributed by atoms with Crippen molar-refractivity contribution in [3.05, 3.63) is 101 Å². The van der Waals surface area contributed by atoms with Gasteiger partial charge >= 0.3 is 0 Å². The maximum absolute atomic E-state index is 13.0. The number of amides is 3. The minimum Gasteiger partial charge on any atom is -0.496 e. The Bertz CT molecular complexity index is 1390. The molecule has 0 fully saturated rings. The van der Waals surface area contributed by atoms with Crippen LogP contribution in [0.1, 0.15) is 42.2 Å². The van der Waals surface area contributed by atoms with Gasteiger partial charge in [0.25, 0.3) is 17.7 Å². The molecule has 1 aliphatic rings. The van der Waals surface area contributed by atoms with Crippen LogP contribution in [0.15, 0.2) is 72.9 Å². The van der Waals surface area contributed by atoms with Gasteiger partial charge in [-0.3, -0.25) is 19.3 Å². The van der Waals surface area contributed by atoms with Gasteiger partial charge in [-0.05, 0) is 47.9 Å². The lowest BCUT2D eigenvalue weighted by molar-refractivity contribution is 0.0642. The Hall–Kier alpha value is -4.39. The van der Waals surface area contributed by atoms with Crippen LogP contribution in [0.2, 0.25) is 0 Å². The second-order valence-electron chi connectivity index (χ2n) is 8.14. The maximum atomic E-state index is 13.0. The van der Waals surface area contributed by atoms with E-state index in [4.69, 9.17) is 4.74 Å². The van der Waals surface area contributed by atoms with E-state index < -0.39 is 0 Å². The maximum Gasteiger partial charge on any atom is 0.261 e. The van der Waals surface area contributed by atoms with Crippen molar-refractivity contribution in [3.8, 4) is 5.75 Å². The van der Waals surface area contributed by atoms with Crippen LogP contribution in [-0.2, 0) is 13.0 Å². The Morgan fingerprint density at radius 3 is 2.41 bits per heavy atom. The molecule has 2 N–H and O–H groups in total. The lowest BCUT2D eigenvalue weighted by Crippen LogP contribution is -2.29. The van der Waals surface area contributed by atoms with Gasteiger partial charge in [0.05, 0.1) is 30.3 Å². The highest BCUT2D eigenvalue weighted by Gasteiger charge is 2.35. The second-order valence-corrected chi connectivity index (χ2v) is 8.14. The third-order valence-electron chi connectivity index (χ3n) is 6.08. The van der Waals surface area contributed by atoms with E-state index in [9.17, 15) is 14.4 Å². The van der Waals surface area contributed by atoms with Crippen molar-refractivity contribution in [1.29, 1.82) is 0 Å². The Kier molecular flexibility index (Phi) is 5.59. The van der Waals surface area contributed by atoms with E-state index in [-0.39, 0.29) is 24.3 Å². The normalized spacial score (nSPS) is 12.8. The molecule has 7 nitrogen and oxygen atoms in total. The number of fused-ring (bicyclic) bond motifs is 2. The van der Waals surface area contributed by atoms with Crippen molar-refractivity contribution in [2.75, 3.05) is 13.7 Å². The van der Waals surface area contributed by atoms with Gasteiger partial charge in [0, 0.05) is 23.6 Å². The van der Waals surface area contributed by atoms with Crippen molar-refractivity contribution < 1.29 is 19.1 Å². The van der Waals surface area contributed by atoms with Crippen LogP contribution in [0.3, 0.4) is 0 Å². The number of H-pyrrole nitrogens is 1. The first-order chi connectivity index (χ1) is 16.6. The number of hydrogen-bond acceptors (Lipinski definition) is 4. The summed E-state index contributed by atoms with van der Waals surface area (Å²) in [4.78, 5) is 42.8. The number of para-hydroxylation sites is 1. The molecule has 4 aromatic rings. The monoisotopic (exact) mass is 453 g/mol. The number of benzene rings is 3. The molecule has 0 aliphatic carbocycles. The number of ether oxygens (including phenoxy) is 1. The predicted molar refractivity (Wildman–Crippen MR) is 128 cm³/mol. The molecule has 0 bridgehead atoms. The molecule has 3 aromatic carbocycles. The quantitative estimate of drug-likeness (QED) is 0.415. The molecule has 1 aliphatic heterocycles. The average molecular weight is 453 g/mol. The third kappa shape index (κ3) is 3.81. The topological polar surface area (TPSA) is 91.5 Å². The summed E-state index contributed by atoms with van der Waals surface area (Å²) >= 11 is 0. The molecule has 0 atom stereocenters. The molecule has 1 aromatic heterocycles. The van der Waals surface area contributed by atoms with Crippen molar-refractivity contribution in [2.45, 2.75) is 13.0 Å². The number of rotatable bonds is 7. The molecular formula is C27H23N3O4. The lowest BCUT2D eigenvalue weighted by atomic mass is 10.1. The molecule has 170 valence electrons. The SMILES string of the molecule is COc1ccc(CN2C(=O)c3ccccc3C2=O)cc1C(=O)NCCc1c[nH]c2ccccc12. The fraction of sp³-hybridized carbons (Fsp3) is 0.148. The van der Waals surface area contributed by atoms with Crippen LogP contribution in [-0.4, -0.2) is 41.3 Å². The first-order valence-corrected chi connectivity index (χ1v) is 11.0. The van der Waals surface area contributed by atoms with Crippen LogP contribution >= 0.6 is 0 Å². The van der Waals surface area contributed by atoms with Gasteiger partial charge in [-0.25, -0.2) is 0 Å². The lowest BCUT2D eigenvalue weighted by Gasteiger charge is -2.16. The molecule has 7 heteroatoms. The summed E-state index contributed by atoms with van der Waals surface area (Å²) in [5.41, 5.74) is 4.01. The van der Waals surface area contributed by atoms with E-state index in [0.29, 0.717) is 41.0 Å². The number of nitrogens with zero attached hydrogens (tertiary/aromatic N) is 1. The molecule has 5 rings (SSSR count). The molecule has 0 saturated heterocycles. The van der Waals surface area contributed by atoms with E-state index in [1.165, 1.54) is 12.0 Å². The van der Waals surface area contributed by atoms with Crippen LogP contribution < -0.4 is 10.1 Å². The molecular weight excluding hydrogens is 430 g/mol. The summed E-state index contributed by atoms with van der Waals surface area (Å²) in [5, 5.41) is 4.09. The largest absolute Gasteiger partial charge is 0.496 e. The predicted octanol–water partition coefficient (Wildman–Crippen LogP) is 3.95. The number of hydrogen-bond donors (Lipinski definition) is 2. The first kappa shape index (κ1) is 21.5. The average Bonchev–Trinajstić information content (AvgIpc) is 3.39. The zero-order valence-corrected chi connectivity index (χ0v) is 18.6. The highest BCUT2D eigenvalue weighted by molar-refractivity contribution is 6.21. The number of imide groups is 1. The van der Waals surface area contributed by atoms with E-state index in [1.54, 1.807) is 42.5 Å². The summed E-state index contributed by atoms with van der Waals surface area (Å²) < 4.78 is 5.38. The summed E-state index contributed by atoms with van der Waals surface area (Å²) in [5.74, 6) is -0.515. The zero-order valence-electron chi connectivity index (χ0n) is 18.6. The highest BCUT2D eigenvalue weighted by atomic mass is 16.5. The van der Waals surface area contributed by atoms with Gasteiger partial charge in [0.2, 0.25) is 0 Å². The molecule has 0 spiro atoms. The van der Waals surface area contributed by atoms with E-state index in [0.717, 1.165) is 16.5 Å². The van der Waals surface area contributed by atoms with Gasteiger partial charge in [-0.2, -0.15) is 0 Å². The van der Waals surface area contributed by atoms with Crippen molar-refractivity contribution >= 4 is 28.6 Å². The van der Waals surface area contributed by atoms with E-state index >= 15 is 0 Å². The highest BCUT2D eigenvalue weighted by Crippen LogP contribution is 2.26. The zero-order chi connectivity index (χ0) is 23.7. The number of methoxy groups -OCH3 is 1. The smallest absolute Gasteiger partial charge is 0.261 e. The van der Waals surface area contributed by atoms with Crippen molar-refractivity contribution in [2.24, 2.45) is 0 Å². The standard InChI is InChI=1S/C27H23N3O4/c1-34-24-11-10-17(16-30-26(32)20-7-2-3-8-21(20)27(30)33)14-22(24)25(31)28-13-12-18-15-29-23-9-5-4-6-19(18)23/h2-11,14-15,29H,12-13,16H2,1H3,(H,28,31). The molecule has 3 amide bonds. The summed E-state index contributed by atoms with van der Waals surface area (Å²) in [7, 11) is 1.50. The minimum atomic E-state index is -0.332. The van der Waals surface area contributed by atoms with Crippen molar-refractivity contribution in [1.82, 2.24) is 15.2 Å². The van der Waals surface area contributed by atoms with Gasteiger partial charge < -0.3 is 15.0 Å². The van der Waals surface area contributed by atoms with Gasteiger partial charge in [0.1, 0.15) is 5.75 Å². The van der Waals surface area contributed by atoms with E-state index in [1.807, 2.05) is 24.4 Å². The van der Waals surface area contributed by atoms with Crippen LogP contribution in [0, 0.1) is 0 Å². The van der Waals surface area contributed by atoms with E-state index in [2.05, 4.69) is 16.4 Å². The molecule has 2 heterocycles. The van der Waals surface area contributed by atoms with Crippen LogP contribution in [0.5, 0.6) is 5.75 Å². The van der Waals surface area contributed by atoms with Gasteiger partial charge in [0.15, 0.2) is 0 Å². The Balaban J connectivity index is 1.29. The minimum absolute atomic E-state index is 0.0754. The number of carbonyl (C=O) groups is 3. The first-order valence-electron chi connectivity index (χ1n) is 11.0. The number of aromatic amines is 1. The second kappa shape index (κ2) is 8.86. The summed E-state index contributed by atoms with van der Waals surface area (Å²) in [6, 6.07) is 19.9. The fourth-order valence-electron chi connectivity index (χ4n) is 4.34. The molecule has 0 radical (unpaired) electrons. The third-order valence-corrected chi connectivity index (χ3v) is 6.08. The van der Waals surface area contributed by atoms with Crippen LogP contribution in [0.25, 0.3) is 10.9 Å². The van der Waals surface area contributed by atoms with Crippen LogP contribution in [0.4, 0.5) is 0 Å². The number of carbonyl (C=O) groups excluding carboxylic acids is 3. The molecule has 0 unspecified atom stereocenters. The Morgan fingerprint density at radius 1 is 0.971 bits per heavy atom. The Morgan fingerprint density at radius 2 is 1.68 bits per heavy atom. The number of nitrogens with one attached hydrogen (secondary N) is 2. The fourth-order valence-corrected chi connectivity index (χ4v) is 4.34. The molecule has 0 saturated carbocycles. The summed E-state index contributed by atoms with van der Waals surface area (Å²) in [6.45, 7) is 0.526. The molecule has 34 heavy (non-hydrogen) atoms. The number of aromatic nitrogens is 1. The Labute approximate surface area is 196 Å².